The average Bonchev–Trinajstić information content (AvgIpc) is 3.23. The predicted octanol–water partition coefficient (Wildman–Crippen LogP) is 2.96. The zero-order chi connectivity index (χ0) is 22.1. The molecule has 164 valence electrons. The second-order valence-corrected chi connectivity index (χ2v) is 8.84. The highest BCUT2D eigenvalue weighted by atomic mass is 32.1. The van der Waals surface area contributed by atoms with Gasteiger partial charge in [0.25, 0.3) is 5.91 Å². The lowest BCUT2D eigenvalue weighted by molar-refractivity contribution is -0.137. The summed E-state index contributed by atoms with van der Waals surface area (Å²) < 4.78 is 1.29. The van der Waals surface area contributed by atoms with Crippen molar-refractivity contribution >= 4 is 44.7 Å². The topological polar surface area (TPSA) is 105 Å². The molecule has 4 rings (SSSR count). The Morgan fingerprint density at radius 2 is 2.00 bits per heavy atom. The van der Waals surface area contributed by atoms with Crippen LogP contribution in [0.15, 0.2) is 46.1 Å². The number of hydrogen-bond donors (Lipinski definition) is 3. The summed E-state index contributed by atoms with van der Waals surface area (Å²) in [6.07, 6.45) is 1.50. The first-order valence-electron chi connectivity index (χ1n) is 10.3. The lowest BCUT2D eigenvalue weighted by Gasteiger charge is -2.44. The minimum absolute atomic E-state index is 0.107. The minimum atomic E-state index is -1.15. The Morgan fingerprint density at radius 1 is 1.26 bits per heavy atom. The van der Waals surface area contributed by atoms with E-state index >= 15 is 0 Å². The fourth-order valence-corrected chi connectivity index (χ4v) is 5.19. The van der Waals surface area contributed by atoms with E-state index in [1.165, 1.54) is 15.8 Å². The van der Waals surface area contributed by atoms with E-state index in [1.807, 2.05) is 6.92 Å². The van der Waals surface area contributed by atoms with Crippen LogP contribution in [0.3, 0.4) is 0 Å². The van der Waals surface area contributed by atoms with Gasteiger partial charge in [-0.05, 0) is 61.7 Å². The lowest BCUT2D eigenvalue weighted by Crippen LogP contribution is -2.50. The summed E-state index contributed by atoms with van der Waals surface area (Å²) in [5.74, 6) is -2.01. The van der Waals surface area contributed by atoms with E-state index in [0.717, 1.165) is 25.9 Å². The third-order valence-corrected chi connectivity index (χ3v) is 6.84. The number of amides is 1. The Bertz CT molecular complexity index is 1070. The monoisotopic (exact) mass is 442 g/mol. The summed E-state index contributed by atoms with van der Waals surface area (Å²) in [5.41, 5.74) is 1.71. The number of carboxylic acids is 1. The fourth-order valence-electron chi connectivity index (χ4n) is 4.42. The Kier molecular flexibility index (Phi) is 5.86. The zero-order valence-electron chi connectivity index (χ0n) is 17.5. The number of nitrogens with zero attached hydrogens (tertiary/aromatic N) is 3. The summed E-state index contributed by atoms with van der Waals surface area (Å²) in [6, 6.07) is 8.92. The van der Waals surface area contributed by atoms with Crippen LogP contribution >= 0.6 is 11.3 Å². The van der Waals surface area contributed by atoms with Gasteiger partial charge in [-0.15, -0.1) is 11.3 Å². The van der Waals surface area contributed by atoms with Gasteiger partial charge >= 0.3 is 5.97 Å². The minimum Gasteiger partial charge on any atom is -0.504 e. The van der Waals surface area contributed by atoms with Crippen molar-refractivity contribution in [2.75, 3.05) is 24.5 Å². The average molecular weight is 443 g/mol. The standard InChI is InChI=1S/C22H26N4O4S/c1-13-21(29)20(22(30)23-12-19(27)28)24-14(2)26(13)16-5-8-25(9-6-16)17-3-4-18-15(11-17)7-10-31-18/h3-4,7,10-11,14,16,29H,5-6,8-9,12H2,1-2H3,(H,23,30)(H,27,28). The summed E-state index contributed by atoms with van der Waals surface area (Å²) in [4.78, 5) is 31.8. The van der Waals surface area contributed by atoms with E-state index in [-0.39, 0.29) is 23.7 Å². The fraction of sp³-hybridized carbons (Fsp3) is 0.409. The number of aliphatic imine (C=N–C) groups is 1. The number of aliphatic carboxylic acids is 1. The Balaban J connectivity index is 1.43. The number of fused-ring (bicyclic) bond motifs is 1. The van der Waals surface area contributed by atoms with Crippen LogP contribution in [0.1, 0.15) is 26.7 Å². The van der Waals surface area contributed by atoms with Crippen molar-refractivity contribution in [2.24, 2.45) is 4.99 Å². The summed E-state index contributed by atoms with van der Waals surface area (Å²) >= 11 is 1.75. The SMILES string of the molecule is CC1=C(O)C(C(=O)NCC(=O)O)=NC(C)N1C1CCN(c2ccc3sccc3c2)CC1. The molecule has 1 atom stereocenters. The smallest absolute Gasteiger partial charge is 0.322 e. The van der Waals surface area contributed by atoms with E-state index in [1.54, 1.807) is 18.3 Å². The molecular formula is C22H26N4O4S. The summed E-state index contributed by atoms with van der Waals surface area (Å²) in [5, 5.41) is 25.0. The van der Waals surface area contributed by atoms with Gasteiger partial charge in [-0.3, -0.25) is 14.6 Å². The largest absolute Gasteiger partial charge is 0.504 e. The van der Waals surface area contributed by atoms with Gasteiger partial charge in [0.1, 0.15) is 12.7 Å². The van der Waals surface area contributed by atoms with Crippen molar-refractivity contribution in [3.8, 4) is 0 Å². The van der Waals surface area contributed by atoms with Gasteiger partial charge in [-0.2, -0.15) is 0 Å². The van der Waals surface area contributed by atoms with Crippen molar-refractivity contribution in [3.05, 3.63) is 41.1 Å². The van der Waals surface area contributed by atoms with Crippen LogP contribution in [0.5, 0.6) is 0 Å². The molecule has 2 aliphatic heterocycles. The molecule has 0 spiro atoms. The van der Waals surface area contributed by atoms with Crippen LogP contribution in [-0.2, 0) is 9.59 Å². The number of thiophene rings is 1. The number of benzene rings is 1. The van der Waals surface area contributed by atoms with Gasteiger partial charge in [-0.1, -0.05) is 0 Å². The highest BCUT2D eigenvalue weighted by Crippen LogP contribution is 2.32. The lowest BCUT2D eigenvalue weighted by atomic mass is 9.99. The molecule has 1 unspecified atom stereocenters. The van der Waals surface area contributed by atoms with Crippen LogP contribution in [-0.4, -0.2) is 64.5 Å². The summed E-state index contributed by atoms with van der Waals surface area (Å²) in [6.45, 7) is 4.94. The maximum atomic E-state index is 12.2. The molecule has 8 nitrogen and oxygen atoms in total. The number of carbonyl (C=O) groups is 2. The number of hydrogen-bond acceptors (Lipinski definition) is 7. The first-order chi connectivity index (χ1) is 14.8. The van der Waals surface area contributed by atoms with E-state index in [0.29, 0.717) is 5.70 Å². The number of piperidine rings is 1. The number of carboxylic acid groups (broad SMARTS) is 1. The molecule has 0 aliphatic carbocycles. The maximum Gasteiger partial charge on any atom is 0.322 e. The third kappa shape index (κ3) is 4.23. The van der Waals surface area contributed by atoms with Gasteiger partial charge in [0.2, 0.25) is 0 Å². The highest BCUT2D eigenvalue weighted by molar-refractivity contribution is 7.17. The van der Waals surface area contributed by atoms with E-state index in [9.17, 15) is 14.7 Å². The van der Waals surface area contributed by atoms with Gasteiger partial charge in [-0.25, -0.2) is 0 Å². The molecule has 9 heteroatoms. The molecule has 1 amide bonds. The molecule has 3 N–H and O–H groups in total. The van der Waals surface area contributed by atoms with E-state index in [4.69, 9.17) is 5.11 Å². The van der Waals surface area contributed by atoms with Crippen LogP contribution in [0.25, 0.3) is 10.1 Å². The first kappa shape index (κ1) is 21.2. The number of nitrogens with one attached hydrogen (secondary N) is 1. The van der Waals surface area contributed by atoms with Gasteiger partial charge in [0, 0.05) is 29.5 Å². The summed E-state index contributed by atoms with van der Waals surface area (Å²) in [7, 11) is 0. The van der Waals surface area contributed by atoms with E-state index in [2.05, 4.69) is 49.8 Å². The second-order valence-electron chi connectivity index (χ2n) is 7.89. The van der Waals surface area contributed by atoms with Gasteiger partial charge < -0.3 is 25.3 Å². The molecule has 0 bridgehead atoms. The van der Waals surface area contributed by atoms with Crippen molar-refractivity contribution in [1.82, 2.24) is 10.2 Å². The van der Waals surface area contributed by atoms with Crippen LogP contribution < -0.4 is 10.2 Å². The molecular weight excluding hydrogens is 416 g/mol. The number of anilines is 1. The van der Waals surface area contributed by atoms with Gasteiger partial charge in [0.15, 0.2) is 11.5 Å². The molecule has 0 radical (unpaired) electrons. The number of aliphatic hydroxyl groups excluding tert-OH is 1. The molecule has 1 aromatic heterocycles. The Labute approximate surface area is 184 Å². The van der Waals surface area contributed by atoms with Crippen molar-refractivity contribution in [1.29, 1.82) is 0 Å². The normalized spacial score (nSPS) is 20.2. The maximum absolute atomic E-state index is 12.2. The molecule has 1 aromatic carbocycles. The molecule has 1 fully saturated rings. The van der Waals surface area contributed by atoms with Crippen LogP contribution in [0.2, 0.25) is 0 Å². The Morgan fingerprint density at radius 3 is 2.71 bits per heavy atom. The van der Waals surface area contributed by atoms with Crippen molar-refractivity contribution in [2.45, 2.75) is 38.9 Å². The molecule has 31 heavy (non-hydrogen) atoms. The molecule has 1 saturated heterocycles. The van der Waals surface area contributed by atoms with Crippen molar-refractivity contribution < 1.29 is 19.8 Å². The number of rotatable bonds is 5. The molecule has 2 aromatic rings. The predicted molar refractivity (Wildman–Crippen MR) is 122 cm³/mol. The Hall–Kier alpha value is -3.07. The highest BCUT2D eigenvalue weighted by Gasteiger charge is 2.35. The van der Waals surface area contributed by atoms with Gasteiger partial charge in [0.05, 0.1) is 5.70 Å². The number of carbonyl (C=O) groups excluding carboxylic acids is 1. The first-order valence-corrected chi connectivity index (χ1v) is 11.2. The quantitative estimate of drug-likeness (QED) is 0.658. The number of allylic oxidation sites excluding steroid dienone is 1. The zero-order valence-corrected chi connectivity index (χ0v) is 18.4. The molecule has 2 aliphatic rings. The van der Waals surface area contributed by atoms with Crippen molar-refractivity contribution in [3.63, 3.8) is 0 Å². The van der Waals surface area contributed by atoms with E-state index < -0.39 is 18.4 Å². The third-order valence-electron chi connectivity index (χ3n) is 5.95. The van der Waals surface area contributed by atoms with Crippen LogP contribution in [0, 0.1) is 0 Å². The van der Waals surface area contributed by atoms with Crippen LogP contribution in [0.4, 0.5) is 5.69 Å². The molecule has 0 saturated carbocycles. The number of aliphatic hydroxyl groups is 1. The second kappa shape index (κ2) is 8.58. The molecule has 3 heterocycles.